The van der Waals surface area contributed by atoms with Crippen molar-refractivity contribution in [2.45, 2.75) is 12.8 Å². The van der Waals surface area contributed by atoms with Crippen molar-refractivity contribution < 1.29 is 4.79 Å². The van der Waals surface area contributed by atoms with Crippen LogP contribution in [0.25, 0.3) is 10.9 Å². The monoisotopic (exact) mass is 234 g/mol. The Labute approximate surface area is 97.8 Å². The fraction of sp³-hybridized carbons (Fsp3) is 0.250. The number of carbonyl (C=O) groups excluding carboxylic acids is 1. The Kier molecular flexibility index (Phi) is 2.14. The standard InChI is InChI=1S/C12H11ClN2O/c13-7-3-4-9-8(6-7)11-10(15-9)2-1-5-14-12(11)16/h3-4,6,15H,1-2,5H2,(H,14,16). The molecule has 0 radical (unpaired) electrons. The molecule has 1 amide bonds. The zero-order valence-electron chi connectivity index (χ0n) is 8.64. The smallest absolute Gasteiger partial charge is 0.253 e. The van der Waals surface area contributed by atoms with Crippen molar-refractivity contribution in [3.63, 3.8) is 0 Å². The van der Waals surface area contributed by atoms with Crippen LogP contribution in [0, 0.1) is 0 Å². The van der Waals surface area contributed by atoms with E-state index in [2.05, 4.69) is 10.3 Å². The molecule has 1 aliphatic heterocycles. The van der Waals surface area contributed by atoms with Gasteiger partial charge in [-0.1, -0.05) is 11.6 Å². The number of amides is 1. The van der Waals surface area contributed by atoms with Gasteiger partial charge < -0.3 is 10.3 Å². The molecular weight excluding hydrogens is 224 g/mol. The van der Waals surface area contributed by atoms with Crippen LogP contribution in [0.3, 0.4) is 0 Å². The molecule has 1 aliphatic rings. The first-order valence-corrected chi connectivity index (χ1v) is 5.72. The second kappa shape index (κ2) is 3.52. The van der Waals surface area contributed by atoms with Crippen molar-refractivity contribution in [2.75, 3.05) is 6.54 Å². The van der Waals surface area contributed by atoms with E-state index in [1.54, 1.807) is 0 Å². The van der Waals surface area contributed by atoms with E-state index in [0.717, 1.165) is 41.5 Å². The van der Waals surface area contributed by atoms with Crippen LogP contribution in [0.15, 0.2) is 18.2 Å². The Hall–Kier alpha value is -1.48. The van der Waals surface area contributed by atoms with Gasteiger partial charge in [-0.25, -0.2) is 0 Å². The lowest BCUT2D eigenvalue weighted by Crippen LogP contribution is -2.22. The van der Waals surface area contributed by atoms with E-state index in [0.29, 0.717) is 5.02 Å². The van der Waals surface area contributed by atoms with Crippen LogP contribution in [0.1, 0.15) is 22.5 Å². The summed E-state index contributed by atoms with van der Waals surface area (Å²) in [5.41, 5.74) is 2.76. The number of nitrogens with one attached hydrogen (secondary N) is 2. The number of aryl methyl sites for hydroxylation is 1. The first-order chi connectivity index (χ1) is 7.75. The minimum Gasteiger partial charge on any atom is -0.358 e. The van der Waals surface area contributed by atoms with Crippen LogP contribution in [0.4, 0.5) is 0 Å². The molecule has 3 rings (SSSR count). The number of benzene rings is 1. The summed E-state index contributed by atoms with van der Waals surface area (Å²) in [5, 5.41) is 4.47. The normalized spacial score (nSPS) is 15.7. The molecule has 0 atom stereocenters. The van der Waals surface area contributed by atoms with E-state index in [4.69, 9.17) is 11.6 Å². The number of fused-ring (bicyclic) bond motifs is 3. The first kappa shape index (κ1) is 9.73. The van der Waals surface area contributed by atoms with Crippen molar-refractivity contribution in [2.24, 2.45) is 0 Å². The molecule has 1 aromatic heterocycles. The van der Waals surface area contributed by atoms with Crippen LogP contribution in [0.2, 0.25) is 5.02 Å². The van der Waals surface area contributed by atoms with Gasteiger partial charge in [-0.15, -0.1) is 0 Å². The summed E-state index contributed by atoms with van der Waals surface area (Å²) in [6.07, 6.45) is 1.87. The minimum absolute atomic E-state index is 0.000941. The predicted octanol–water partition coefficient (Wildman–Crippen LogP) is 2.50. The summed E-state index contributed by atoms with van der Waals surface area (Å²) in [4.78, 5) is 15.2. The molecule has 0 fully saturated rings. The molecule has 0 unspecified atom stereocenters. The lowest BCUT2D eigenvalue weighted by Gasteiger charge is -1.99. The second-order valence-corrected chi connectivity index (χ2v) is 4.46. The van der Waals surface area contributed by atoms with Crippen molar-refractivity contribution in [3.8, 4) is 0 Å². The molecular formula is C12H11ClN2O. The highest BCUT2D eigenvalue weighted by molar-refractivity contribution is 6.31. The summed E-state index contributed by atoms with van der Waals surface area (Å²) >= 11 is 5.96. The highest BCUT2D eigenvalue weighted by Gasteiger charge is 2.20. The lowest BCUT2D eigenvalue weighted by molar-refractivity contribution is 0.0957. The fourth-order valence-electron chi connectivity index (χ4n) is 2.22. The number of aromatic amines is 1. The summed E-state index contributed by atoms with van der Waals surface area (Å²) < 4.78 is 0. The maximum atomic E-state index is 11.9. The van der Waals surface area contributed by atoms with E-state index >= 15 is 0 Å². The summed E-state index contributed by atoms with van der Waals surface area (Å²) in [5.74, 6) is 0.000941. The van der Waals surface area contributed by atoms with Gasteiger partial charge in [0.15, 0.2) is 0 Å². The summed E-state index contributed by atoms with van der Waals surface area (Å²) in [6.45, 7) is 0.739. The SMILES string of the molecule is O=C1NCCCc2[nH]c3ccc(Cl)cc3c21. The topological polar surface area (TPSA) is 44.9 Å². The number of hydrogen-bond donors (Lipinski definition) is 2. The third-order valence-electron chi connectivity index (χ3n) is 2.95. The van der Waals surface area contributed by atoms with Gasteiger partial charge in [0.25, 0.3) is 5.91 Å². The van der Waals surface area contributed by atoms with E-state index in [-0.39, 0.29) is 5.91 Å². The van der Waals surface area contributed by atoms with Crippen molar-refractivity contribution in [1.29, 1.82) is 0 Å². The molecule has 82 valence electrons. The number of aromatic nitrogens is 1. The van der Waals surface area contributed by atoms with E-state index in [9.17, 15) is 4.79 Å². The lowest BCUT2D eigenvalue weighted by atomic mass is 10.1. The maximum Gasteiger partial charge on any atom is 0.253 e. The molecule has 2 heterocycles. The van der Waals surface area contributed by atoms with Gasteiger partial charge in [0.1, 0.15) is 0 Å². The Morgan fingerprint density at radius 3 is 3.06 bits per heavy atom. The Morgan fingerprint density at radius 1 is 1.31 bits per heavy atom. The number of carbonyl (C=O) groups is 1. The molecule has 2 aromatic rings. The zero-order chi connectivity index (χ0) is 11.1. The fourth-order valence-corrected chi connectivity index (χ4v) is 2.39. The van der Waals surface area contributed by atoms with Gasteiger partial charge in [-0.05, 0) is 31.0 Å². The van der Waals surface area contributed by atoms with Crippen molar-refractivity contribution >= 4 is 28.4 Å². The van der Waals surface area contributed by atoms with Gasteiger partial charge in [-0.2, -0.15) is 0 Å². The largest absolute Gasteiger partial charge is 0.358 e. The maximum absolute atomic E-state index is 11.9. The number of rotatable bonds is 0. The Bertz CT molecular complexity index is 574. The van der Waals surface area contributed by atoms with Gasteiger partial charge in [-0.3, -0.25) is 4.79 Å². The van der Waals surface area contributed by atoms with E-state index < -0.39 is 0 Å². The minimum atomic E-state index is 0.000941. The van der Waals surface area contributed by atoms with Crippen molar-refractivity contribution in [1.82, 2.24) is 10.3 Å². The summed E-state index contributed by atoms with van der Waals surface area (Å²) in [7, 11) is 0. The highest BCUT2D eigenvalue weighted by Crippen LogP contribution is 2.27. The molecule has 3 nitrogen and oxygen atoms in total. The Balaban J connectivity index is 2.32. The molecule has 0 bridgehead atoms. The molecule has 0 spiro atoms. The first-order valence-electron chi connectivity index (χ1n) is 5.34. The third-order valence-corrected chi connectivity index (χ3v) is 3.19. The molecule has 0 saturated heterocycles. The average Bonchev–Trinajstić information content (AvgIpc) is 2.51. The molecule has 16 heavy (non-hydrogen) atoms. The average molecular weight is 235 g/mol. The van der Waals surface area contributed by atoms with E-state index in [1.807, 2.05) is 18.2 Å². The number of H-pyrrole nitrogens is 1. The molecule has 0 aliphatic carbocycles. The third kappa shape index (κ3) is 1.39. The van der Waals surface area contributed by atoms with Gasteiger partial charge in [0, 0.05) is 28.2 Å². The summed E-state index contributed by atoms with van der Waals surface area (Å²) in [6, 6.07) is 5.59. The van der Waals surface area contributed by atoms with Crippen LogP contribution in [-0.2, 0) is 6.42 Å². The molecule has 2 N–H and O–H groups in total. The quantitative estimate of drug-likeness (QED) is 0.723. The number of halogens is 1. The zero-order valence-corrected chi connectivity index (χ0v) is 9.40. The van der Waals surface area contributed by atoms with Gasteiger partial charge >= 0.3 is 0 Å². The van der Waals surface area contributed by atoms with Crippen LogP contribution >= 0.6 is 11.6 Å². The van der Waals surface area contributed by atoms with Crippen LogP contribution in [0.5, 0.6) is 0 Å². The number of hydrogen-bond acceptors (Lipinski definition) is 1. The molecule has 1 aromatic carbocycles. The molecule has 0 saturated carbocycles. The Morgan fingerprint density at radius 2 is 2.19 bits per heavy atom. The van der Waals surface area contributed by atoms with Crippen molar-refractivity contribution in [3.05, 3.63) is 34.5 Å². The van der Waals surface area contributed by atoms with Gasteiger partial charge in [0.2, 0.25) is 0 Å². The van der Waals surface area contributed by atoms with E-state index in [1.165, 1.54) is 0 Å². The molecule has 4 heteroatoms. The predicted molar refractivity (Wildman–Crippen MR) is 64.0 cm³/mol. The van der Waals surface area contributed by atoms with Crippen LogP contribution in [-0.4, -0.2) is 17.4 Å². The second-order valence-electron chi connectivity index (χ2n) is 4.03. The van der Waals surface area contributed by atoms with Crippen LogP contribution < -0.4 is 5.32 Å². The highest BCUT2D eigenvalue weighted by atomic mass is 35.5. The van der Waals surface area contributed by atoms with Gasteiger partial charge in [0.05, 0.1) is 5.56 Å².